The summed E-state index contributed by atoms with van der Waals surface area (Å²) in [6, 6.07) is 12.3. The molecule has 0 spiro atoms. The summed E-state index contributed by atoms with van der Waals surface area (Å²) in [5, 5.41) is 23.7. The van der Waals surface area contributed by atoms with Crippen LogP contribution >= 0.6 is 11.6 Å². The first-order valence-electron chi connectivity index (χ1n) is 7.29. The van der Waals surface area contributed by atoms with Crippen LogP contribution in [-0.4, -0.2) is 24.1 Å². The van der Waals surface area contributed by atoms with Crippen LogP contribution in [0.2, 0.25) is 5.02 Å². The van der Waals surface area contributed by atoms with Crippen LogP contribution in [0, 0.1) is 11.3 Å². The second kappa shape index (κ2) is 8.55. The Morgan fingerprint density at radius 3 is 2.38 bits per heavy atom. The highest BCUT2D eigenvalue weighted by atomic mass is 35.5. The Hall–Kier alpha value is -3.50. The van der Waals surface area contributed by atoms with Crippen LogP contribution in [0.1, 0.15) is 10.4 Å². The molecule has 0 fully saturated rings. The lowest BCUT2D eigenvalue weighted by Gasteiger charge is -2.08. The first kappa shape index (κ1) is 18.8. The van der Waals surface area contributed by atoms with Crippen LogP contribution < -0.4 is 15.4 Å². The molecule has 132 valence electrons. The molecule has 7 nitrogen and oxygen atoms in total. The maximum absolute atomic E-state index is 12.2. The van der Waals surface area contributed by atoms with Crippen LogP contribution in [-0.2, 0) is 4.79 Å². The fourth-order valence-corrected chi connectivity index (χ4v) is 2.21. The largest absolute Gasteiger partial charge is 0.495 e. The highest BCUT2D eigenvalue weighted by Gasteiger charge is 2.11. The number of nitrogens with zero attached hydrogens (tertiary/aromatic N) is 1. The van der Waals surface area contributed by atoms with E-state index in [-0.39, 0.29) is 11.1 Å². The molecule has 0 saturated heterocycles. The average molecular weight is 372 g/mol. The molecule has 0 radical (unpaired) electrons. The van der Waals surface area contributed by atoms with Gasteiger partial charge in [0.25, 0.3) is 5.91 Å². The third kappa shape index (κ3) is 4.75. The first-order chi connectivity index (χ1) is 12.4. The van der Waals surface area contributed by atoms with E-state index in [0.29, 0.717) is 22.1 Å². The molecule has 0 aliphatic rings. The second-order valence-corrected chi connectivity index (χ2v) is 5.41. The first-order valence-corrected chi connectivity index (χ1v) is 7.67. The third-order valence-corrected chi connectivity index (χ3v) is 3.59. The van der Waals surface area contributed by atoms with Crippen molar-refractivity contribution < 1.29 is 19.4 Å². The van der Waals surface area contributed by atoms with Crippen molar-refractivity contribution in [3.05, 3.63) is 64.8 Å². The smallest absolute Gasteiger partial charge is 0.335 e. The van der Waals surface area contributed by atoms with Gasteiger partial charge in [-0.15, -0.1) is 0 Å². The Balaban J connectivity index is 2.08. The van der Waals surface area contributed by atoms with Crippen molar-refractivity contribution in [2.24, 2.45) is 0 Å². The van der Waals surface area contributed by atoms with Crippen molar-refractivity contribution in [3.8, 4) is 11.8 Å². The highest BCUT2D eigenvalue weighted by Crippen LogP contribution is 2.27. The molecule has 0 heterocycles. The zero-order valence-electron chi connectivity index (χ0n) is 13.6. The monoisotopic (exact) mass is 371 g/mol. The van der Waals surface area contributed by atoms with Gasteiger partial charge in [-0.2, -0.15) is 5.26 Å². The van der Waals surface area contributed by atoms with Gasteiger partial charge < -0.3 is 20.5 Å². The highest BCUT2D eigenvalue weighted by molar-refractivity contribution is 6.32. The fraction of sp³-hybridized carbons (Fsp3) is 0.0556. The number of carbonyl (C=O) groups excluding carboxylic acids is 1. The van der Waals surface area contributed by atoms with E-state index in [4.69, 9.17) is 26.7 Å². The molecular formula is C18H14ClN3O4. The summed E-state index contributed by atoms with van der Waals surface area (Å²) < 4.78 is 5.03. The lowest BCUT2D eigenvalue weighted by atomic mass is 10.2. The molecular weight excluding hydrogens is 358 g/mol. The average Bonchev–Trinajstić information content (AvgIpc) is 2.62. The number of halogens is 1. The number of carboxylic acids is 1. The molecule has 0 unspecified atom stereocenters. The number of amides is 1. The van der Waals surface area contributed by atoms with Crippen molar-refractivity contribution >= 4 is 34.9 Å². The van der Waals surface area contributed by atoms with E-state index in [2.05, 4.69) is 10.6 Å². The van der Waals surface area contributed by atoms with E-state index in [0.717, 1.165) is 0 Å². The Bertz CT molecular complexity index is 902. The van der Waals surface area contributed by atoms with Crippen molar-refractivity contribution in [3.63, 3.8) is 0 Å². The molecule has 0 saturated carbocycles. The van der Waals surface area contributed by atoms with Gasteiger partial charge in [-0.3, -0.25) is 4.79 Å². The zero-order valence-corrected chi connectivity index (χ0v) is 14.4. The minimum absolute atomic E-state index is 0.133. The Morgan fingerprint density at radius 1 is 1.19 bits per heavy atom. The predicted octanol–water partition coefficient (Wildman–Crippen LogP) is 3.50. The maximum atomic E-state index is 12.2. The van der Waals surface area contributed by atoms with Gasteiger partial charge in [-0.05, 0) is 42.5 Å². The number of ether oxygens (including phenoxy) is 1. The van der Waals surface area contributed by atoms with Crippen LogP contribution in [0.5, 0.6) is 5.75 Å². The van der Waals surface area contributed by atoms with Gasteiger partial charge in [-0.25, -0.2) is 4.79 Å². The predicted molar refractivity (Wildman–Crippen MR) is 97.4 cm³/mol. The van der Waals surface area contributed by atoms with Gasteiger partial charge in [0.15, 0.2) is 0 Å². The number of aromatic carboxylic acids is 1. The quantitative estimate of drug-likeness (QED) is 0.529. The van der Waals surface area contributed by atoms with E-state index in [1.54, 1.807) is 18.2 Å². The lowest BCUT2D eigenvalue weighted by molar-refractivity contribution is -0.112. The molecule has 2 aromatic carbocycles. The molecule has 2 rings (SSSR count). The summed E-state index contributed by atoms with van der Waals surface area (Å²) in [6.45, 7) is 0. The van der Waals surface area contributed by atoms with Crippen LogP contribution in [0.15, 0.2) is 54.2 Å². The Labute approximate surface area is 154 Å². The molecule has 0 aliphatic heterocycles. The number of nitrogens with one attached hydrogen (secondary N) is 2. The molecule has 0 aromatic heterocycles. The number of hydrogen-bond donors (Lipinski definition) is 3. The number of benzene rings is 2. The number of carbonyl (C=O) groups is 2. The van der Waals surface area contributed by atoms with E-state index < -0.39 is 11.9 Å². The Morgan fingerprint density at radius 2 is 1.85 bits per heavy atom. The summed E-state index contributed by atoms with van der Waals surface area (Å²) in [7, 11) is 1.48. The molecule has 3 N–H and O–H groups in total. The molecule has 0 atom stereocenters. The summed E-state index contributed by atoms with van der Waals surface area (Å²) in [5.41, 5.74) is 0.907. The van der Waals surface area contributed by atoms with Crippen LogP contribution in [0.4, 0.5) is 11.4 Å². The van der Waals surface area contributed by atoms with Gasteiger partial charge in [0, 0.05) is 17.6 Å². The molecule has 26 heavy (non-hydrogen) atoms. The lowest BCUT2D eigenvalue weighted by Crippen LogP contribution is -2.14. The van der Waals surface area contributed by atoms with E-state index in [1.165, 1.54) is 43.6 Å². The number of anilines is 2. The normalized spacial score (nSPS) is 10.6. The summed E-state index contributed by atoms with van der Waals surface area (Å²) in [4.78, 5) is 23.0. The second-order valence-electron chi connectivity index (χ2n) is 5.00. The molecule has 1 amide bonds. The van der Waals surface area contributed by atoms with E-state index >= 15 is 0 Å². The van der Waals surface area contributed by atoms with Crippen molar-refractivity contribution in [2.45, 2.75) is 0 Å². The van der Waals surface area contributed by atoms with Gasteiger partial charge in [-0.1, -0.05) is 11.6 Å². The van der Waals surface area contributed by atoms with Crippen molar-refractivity contribution in [2.75, 3.05) is 17.7 Å². The summed E-state index contributed by atoms with van der Waals surface area (Å²) in [6.07, 6.45) is 1.23. The van der Waals surface area contributed by atoms with E-state index in [1.807, 2.05) is 0 Å². The van der Waals surface area contributed by atoms with Crippen molar-refractivity contribution in [1.29, 1.82) is 5.26 Å². The van der Waals surface area contributed by atoms with Gasteiger partial charge >= 0.3 is 5.97 Å². The van der Waals surface area contributed by atoms with Gasteiger partial charge in [0.1, 0.15) is 17.4 Å². The van der Waals surface area contributed by atoms with Gasteiger partial charge in [0.2, 0.25) is 0 Å². The number of nitriles is 1. The third-order valence-electron chi connectivity index (χ3n) is 3.29. The Kier molecular flexibility index (Phi) is 6.20. The number of carboxylic acid groups (broad SMARTS) is 1. The van der Waals surface area contributed by atoms with Crippen LogP contribution in [0.3, 0.4) is 0 Å². The van der Waals surface area contributed by atoms with E-state index in [9.17, 15) is 9.59 Å². The fourth-order valence-electron chi connectivity index (χ4n) is 1.96. The maximum Gasteiger partial charge on any atom is 0.335 e. The standard InChI is InChI=1S/C18H14ClN3O4/c1-26-16-7-6-14(8-15(16)19)22-17(23)12(9-20)10-21-13-4-2-11(3-5-13)18(24)25/h2-8,10,21H,1H3,(H,22,23)(H,24,25)/b12-10-. The molecule has 0 aliphatic carbocycles. The van der Waals surface area contributed by atoms with Crippen LogP contribution in [0.25, 0.3) is 0 Å². The summed E-state index contributed by atoms with van der Waals surface area (Å²) in [5.74, 6) is -1.20. The zero-order chi connectivity index (χ0) is 19.1. The molecule has 8 heteroatoms. The minimum atomic E-state index is -1.04. The van der Waals surface area contributed by atoms with Gasteiger partial charge in [0.05, 0.1) is 17.7 Å². The summed E-state index contributed by atoms with van der Waals surface area (Å²) >= 11 is 5.99. The number of hydrogen-bond acceptors (Lipinski definition) is 5. The van der Waals surface area contributed by atoms with Crippen molar-refractivity contribution in [1.82, 2.24) is 0 Å². The SMILES string of the molecule is COc1ccc(NC(=O)/C(C#N)=C\Nc2ccc(C(=O)O)cc2)cc1Cl. The topological polar surface area (TPSA) is 111 Å². The molecule has 2 aromatic rings. The number of rotatable bonds is 6. The minimum Gasteiger partial charge on any atom is -0.495 e. The number of methoxy groups -OCH3 is 1. The molecule has 0 bridgehead atoms.